The van der Waals surface area contributed by atoms with Gasteiger partial charge >= 0.3 is 35.8 Å². The molecule has 0 atom stereocenters. The van der Waals surface area contributed by atoms with Crippen LogP contribution in [0.25, 0.3) is 0 Å². The third-order valence-electron chi connectivity index (χ3n) is 14.0. The second-order valence-electron chi connectivity index (χ2n) is 19.9. The number of unbranched alkanes of at least 4 members (excludes halogenated alkanes) is 21. The van der Waals surface area contributed by atoms with Crippen LogP contribution in [0, 0.1) is 16.2 Å². The second-order valence-corrected chi connectivity index (χ2v) is 19.9. The quantitative estimate of drug-likeness (QED) is 0.0264. The van der Waals surface area contributed by atoms with E-state index in [-0.39, 0.29) is 78.2 Å². The number of carbonyl (C=O) groups excluding carboxylic acids is 6. The Morgan fingerprint density at radius 1 is 0.278 bits per heavy atom. The largest absolute Gasteiger partial charge is 0.465 e. The van der Waals surface area contributed by atoms with Gasteiger partial charge in [-0.1, -0.05) is 193 Å². The maximum Gasteiger partial charge on any atom is 0.323 e. The van der Waals surface area contributed by atoms with E-state index in [9.17, 15) is 28.8 Å². The van der Waals surface area contributed by atoms with Crippen LogP contribution in [0.4, 0.5) is 0 Å². The lowest BCUT2D eigenvalue weighted by Gasteiger charge is -2.32. The molecule has 72 heavy (non-hydrogen) atoms. The first-order valence-corrected chi connectivity index (χ1v) is 29.0. The molecule has 0 radical (unpaired) electrons. The van der Waals surface area contributed by atoms with Gasteiger partial charge in [0.25, 0.3) is 0 Å². The predicted molar refractivity (Wildman–Crippen MR) is 286 cm³/mol. The van der Waals surface area contributed by atoms with Gasteiger partial charge in [-0.05, 0) is 96.8 Å². The molecule has 0 saturated heterocycles. The van der Waals surface area contributed by atoms with Crippen LogP contribution in [0.15, 0.2) is 18.2 Å². The molecule has 0 saturated carbocycles. The molecule has 0 bridgehead atoms. The molecular formula is C60H102O12. The topological polar surface area (TPSA) is 158 Å². The lowest BCUT2D eigenvalue weighted by Crippen LogP contribution is -2.45. The van der Waals surface area contributed by atoms with Gasteiger partial charge < -0.3 is 28.4 Å². The lowest BCUT2D eigenvalue weighted by molar-refractivity contribution is -0.174. The number of benzene rings is 1. The third kappa shape index (κ3) is 23.1. The van der Waals surface area contributed by atoms with Gasteiger partial charge in [0, 0.05) is 0 Å². The minimum Gasteiger partial charge on any atom is -0.465 e. The number of hydrogen-bond acceptors (Lipinski definition) is 12. The molecule has 0 heterocycles. The van der Waals surface area contributed by atoms with Crippen LogP contribution in [-0.4, -0.2) is 75.5 Å². The molecule has 0 fully saturated rings. The van der Waals surface area contributed by atoms with E-state index in [1.54, 1.807) is 41.5 Å². The van der Waals surface area contributed by atoms with E-state index in [0.29, 0.717) is 36.0 Å². The van der Waals surface area contributed by atoms with Gasteiger partial charge in [0.2, 0.25) is 0 Å². The van der Waals surface area contributed by atoms with E-state index in [0.717, 1.165) is 96.3 Å². The lowest BCUT2D eigenvalue weighted by atomic mass is 9.72. The van der Waals surface area contributed by atoms with E-state index >= 15 is 0 Å². The Morgan fingerprint density at radius 2 is 0.444 bits per heavy atom. The van der Waals surface area contributed by atoms with Crippen LogP contribution in [0.2, 0.25) is 0 Å². The van der Waals surface area contributed by atoms with Crippen molar-refractivity contribution in [2.45, 2.75) is 255 Å². The molecular weight excluding hydrogens is 913 g/mol. The Balaban J connectivity index is 4.25. The molecule has 1 rings (SSSR count). The third-order valence-corrected chi connectivity index (χ3v) is 14.0. The molecule has 12 heteroatoms. The Morgan fingerprint density at radius 3 is 0.611 bits per heavy atom. The molecule has 0 aliphatic carbocycles. The summed E-state index contributed by atoms with van der Waals surface area (Å²) in [6, 6.07) is 5.46. The minimum atomic E-state index is -1.74. The average molecular weight is 1020 g/mol. The van der Waals surface area contributed by atoms with Crippen LogP contribution in [0.5, 0.6) is 0 Å². The normalized spacial score (nSPS) is 11.8. The summed E-state index contributed by atoms with van der Waals surface area (Å²) in [6.07, 6.45) is 24.2. The Hall–Kier alpha value is -3.96. The fraction of sp³-hybridized carbons (Fsp3) is 0.800. The molecule has 0 amide bonds. The molecule has 414 valence electrons. The zero-order valence-corrected chi connectivity index (χ0v) is 47.1. The minimum absolute atomic E-state index is 0.0450. The molecule has 1 aromatic carbocycles. The summed E-state index contributed by atoms with van der Waals surface area (Å²) in [5.74, 6) is -4.15. The van der Waals surface area contributed by atoms with Crippen molar-refractivity contribution in [2.75, 3.05) is 39.6 Å². The second kappa shape index (κ2) is 39.5. The van der Waals surface area contributed by atoms with Crippen molar-refractivity contribution < 1.29 is 57.2 Å². The zero-order valence-electron chi connectivity index (χ0n) is 47.1. The number of esters is 6. The summed E-state index contributed by atoms with van der Waals surface area (Å²) < 4.78 is 34.3. The summed E-state index contributed by atoms with van der Waals surface area (Å²) in [5, 5.41) is 0. The summed E-state index contributed by atoms with van der Waals surface area (Å²) in [4.78, 5) is 86.5. The average Bonchev–Trinajstić information content (AvgIpc) is 3.35. The van der Waals surface area contributed by atoms with Crippen molar-refractivity contribution in [3.05, 3.63) is 34.9 Å². The van der Waals surface area contributed by atoms with Gasteiger partial charge in [0.1, 0.15) is 0 Å². The van der Waals surface area contributed by atoms with Crippen LogP contribution in [-0.2, 0) is 76.5 Å². The molecule has 0 aliphatic heterocycles. The number of rotatable bonds is 45. The maximum absolute atomic E-state index is 14.4. The number of hydrogen-bond donors (Lipinski definition) is 0. The molecule has 0 aliphatic rings. The van der Waals surface area contributed by atoms with Crippen LogP contribution < -0.4 is 0 Å². The fourth-order valence-corrected chi connectivity index (χ4v) is 10.0. The van der Waals surface area contributed by atoms with E-state index in [2.05, 4.69) is 20.8 Å². The monoisotopic (exact) mass is 1010 g/mol. The van der Waals surface area contributed by atoms with Gasteiger partial charge in [-0.25, -0.2) is 0 Å². The number of carbonyl (C=O) groups is 6. The van der Waals surface area contributed by atoms with Crippen molar-refractivity contribution in [1.29, 1.82) is 0 Å². The molecule has 0 spiro atoms. The van der Waals surface area contributed by atoms with Gasteiger partial charge in [0.15, 0.2) is 16.2 Å². The van der Waals surface area contributed by atoms with Crippen molar-refractivity contribution in [3.63, 3.8) is 0 Å². The summed E-state index contributed by atoms with van der Waals surface area (Å²) in [5.41, 5.74) is -3.66. The van der Waals surface area contributed by atoms with E-state index < -0.39 is 52.1 Å². The van der Waals surface area contributed by atoms with Crippen LogP contribution in [0.3, 0.4) is 0 Å². The summed E-state index contributed by atoms with van der Waals surface area (Å²) in [7, 11) is 0. The Kier molecular flexibility index (Phi) is 36.2. The molecule has 0 unspecified atom stereocenters. The molecule has 12 nitrogen and oxygen atoms in total. The Bertz CT molecular complexity index is 1410. The summed E-state index contributed by atoms with van der Waals surface area (Å²) in [6.45, 7) is 17.1. The summed E-state index contributed by atoms with van der Waals surface area (Å²) >= 11 is 0. The smallest absolute Gasteiger partial charge is 0.323 e. The van der Waals surface area contributed by atoms with Gasteiger partial charge in [-0.15, -0.1) is 0 Å². The van der Waals surface area contributed by atoms with Crippen molar-refractivity contribution in [2.24, 2.45) is 16.2 Å². The fourth-order valence-electron chi connectivity index (χ4n) is 10.0. The first kappa shape index (κ1) is 66.1. The van der Waals surface area contributed by atoms with Crippen LogP contribution in [0.1, 0.15) is 252 Å². The van der Waals surface area contributed by atoms with Crippen LogP contribution >= 0.6 is 0 Å². The van der Waals surface area contributed by atoms with Gasteiger partial charge in [0.05, 0.1) is 39.6 Å². The SMILES string of the molecule is CCCCCCCCCCC(Cc1cc(CC(CCCCCCCCCC)(C(=O)OCC)C(=O)OCC)cc(CC(CCCCCCCCCC)(C(=O)OCC)C(=O)OCC)c1)(C(=O)OCC)C(=O)OCC. The zero-order chi connectivity index (χ0) is 53.5. The predicted octanol–water partition coefficient (Wildman–Crippen LogP) is 14.2. The van der Waals surface area contributed by atoms with Gasteiger partial charge in [-0.3, -0.25) is 28.8 Å². The highest BCUT2D eigenvalue weighted by Crippen LogP contribution is 2.40. The maximum atomic E-state index is 14.4. The standard InChI is InChI=1S/C60H102O12/c1-10-19-22-25-28-31-34-37-40-58(52(61)67-13-4,53(62)68-14-5)46-49-43-50(47-59(54(63)69-15-6,55(64)70-16-7)41-38-35-32-29-26-23-20-11-2)45-51(44-49)48-60(56(65)71-17-8,57(66)72-18-9)42-39-36-33-30-27-24-21-12-3/h43-45H,10-42,46-48H2,1-9H3. The van der Waals surface area contributed by atoms with Crippen molar-refractivity contribution in [3.8, 4) is 0 Å². The first-order valence-electron chi connectivity index (χ1n) is 29.0. The highest BCUT2D eigenvalue weighted by Gasteiger charge is 2.52. The van der Waals surface area contributed by atoms with E-state index in [1.807, 2.05) is 18.2 Å². The molecule has 0 aromatic heterocycles. The highest BCUT2D eigenvalue weighted by atomic mass is 16.6. The number of ether oxygens (including phenoxy) is 6. The van der Waals surface area contributed by atoms with Crippen molar-refractivity contribution >= 4 is 35.8 Å². The molecule has 1 aromatic rings. The van der Waals surface area contributed by atoms with Gasteiger partial charge in [-0.2, -0.15) is 0 Å². The first-order chi connectivity index (χ1) is 34.8. The van der Waals surface area contributed by atoms with Crippen molar-refractivity contribution in [1.82, 2.24) is 0 Å². The van der Waals surface area contributed by atoms with E-state index in [1.165, 1.54) is 38.5 Å². The van der Waals surface area contributed by atoms with E-state index in [4.69, 9.17) is 28.4 Å². The highest BCUT2D eigenvalue weighted by molar-refractivity contribution is 6.02. The molecule has 0 N–H and O–H groups in total. The Labute approximate surface area is 437 Å².